The minimum Gasteiger partial charge on any atom is -0.506 e. The molecular formula is C21H20N2O3. The highest BCUT2D eigenvalue weighted by Gasteiger charge is 2.20. The smallest absolute Gasteiger partial charge is 0.217 e. The van der Waals surface area contributed by atoms with E-state index >= 15 is 0 Å². The summed E-state index contributed by atoms with van der Waals surface area (Å²) >= 11 is 0. The second-order valence-corrected chi connectivity index (χ2v) is 6.02. The molecule has 0 unspecified atom stereocenters. The number of allylic oxidation sites excluding steroid dienone is 1. The number of aryl methyl sites for hydroxylation is 1. The van der Waals surface area contributed by atoms with Gasteiger partial charge in [-0.15, -0.1) is 0 Å². The van der Waals surface area contributed by atoms with E-state index in [0.717, 1.165) is 16.7 Å². The quantitative estimate of drug-likeness (QED) is 0.374. The van der Waals surface area contributed by atoms with Crippen LogP contribution in [0.4, 0.5) is 0 Å². The van der Waals surface area contributed by atoms with Crippen LogP contribution in [0.1, 0.15) is 39.5 Å². The number of aliphatic hydroxyl groups is 1. The first-order valence-electron chi connectivity index (χ1n) is 8.13. The number of benzene rings is 2. The van der Waals surface area contributed by atoms with Gasteiger partial charge >= 0.3 is 0 Å². The Morgan fingerprint density at radius 3 is 2.35 bits per heavy atom. The van der Waals surface area contributed by atoms with Gasteiger partial charge < -0.3 is 10.4 Å². The Kier molecular flexibility index (Phi) is 5.92. The normalized spacial score (nSPS) is 11.3. The number of aliphatic hydroxyl groups excluding tert-OH is 1. The van der Waals surface area contributed by atoms with Crippen LogP contribution < -0.4 is 5.32 Å². The first kappa shape index (κ1) is 18.9. The summed E-state index contributed by atoms with van der Waals surface area (Å²) in [6.45, 7) is 5.49. The number of hydrogen-bond acceptors (Lipinski definition) is 4. The molecule has 0 atom stereocenters. The number of ketones is 1. The molecule has 0 aromatic heterocycles. The van der Waals surface area contributed by atoms with Gasteiger partial charge in [0.1, 0.15) is 17.4 Å². The number of nitriles is 1. The van der Waals surface area contributed by atoms with E-state index in [1.54, 1.807) is 36.4 Å². The molecule has 0 saturated heterocycles. The lowest BCUT2D eigenvalue weighted by Crippen LogP contribution is -2.18. The van der Waals surface area contributed by atoms with E-state index in [9.17, 15) is 20.0 Å². The molecule has 2 aromatic rings. The van der Waals surface area contributed by atoms with Gasteiger partial charge in [-0.3, -0.25) is 9.59 Å². The minimum absolute atomic E-state index is 0.136. The maximum Gasteiger partial charge on any atom is 0.217 e. The molecule has 0 aliphatic carbocycles. The average molecular weight is 348 g/mol. The fourth-order valence-electron chi connectivity index (χ4n) is 2.49. The van der Waals surface area contributed by atoms with E-state index in [0.29, 0.717) is 17.7 Å². The van der Waals surface area contributed by atoms with E-state index in [1.807, 2.05) is 26.0 Å². The number of Topliss-reactive ketones (excluding diaryl/α,β-unsaturated/α-hetero) is 1. The lowest BCUT2D eigenvalue weighted by Gasteiger charge is -2.09. The highest BCUT2D eigenvalue weighted by Crippen LogP contribution is 2.22. The number of nitrogens with zero attached hydrogens (tertiary/aromatic N) is 1. The number of carbonyl (C=O) groups is 2. The van der Waals surface area contributed by atoms with Crippen molar-refractivity contribution in [2.24, 2.45) is 0 Å². The van der Waals surface area contributed by atoms with Gasteiger partial charge in [0.25, 0.3) is 0 Å². The molecular weight excluding hydrogens is 328 g/mol. The van der Waals surface area contributed by atoms with Gasteiger partial charge in [0.2, 0.25) is 11.7 Å². The van der Waals surface area contributed by atoms with E-state index in [1.165, 1.54) is 6.92 Å². The Balaban J connectivity index is 2.36. The molecule has 0 spiro atoms. The zero-order valence-corrected chi connectivity index (χ0v) is 15.0. The van der Waals surface area contributed by atoms with Crippen molar-refractivity contribution in [3.63, 3.8) is 0 Å². The first-order chi connectivity index (χ1) is 12.3. The van der Waals surface area contributed by atoms with E-state index in [4.69, 9.17) is 0 Å². The van der Waals surface area contributed by atoms with Crippen LogP contribution in [0.25, 0.3) is 5.76 Å². The molecule has 132 valence electrons. The molecule has 5 heteroatoms. The molecule has 0 fully saturated rings. The van der Waals surface area contributed by atoms with Gasteiger partial charge in [-0.05, 0) is 30.5 Å². The summed E-state index contributed by atoms with van der Waals surface area (Å²) < 4.78 is 0. The second kappa shape index (κ2) is 8.13. The lowest BCUT2D eigenvalue weighted by atomic mass is 9.94. The standard InChI is InChI=1S/C21H20N2O3/c1-13-5-4-6-18(14(13)2)21(26)19(11-22)20(25)17-9-7-16(8-10-17)12-23-15(3)24/h4-10,25H,12H2,1-3H3,(H,23,24). The van der Waals surface area contributed by atoms with E-state index in [-0.39, 0.29) is 17.2 Å². The zero-order chi connectivity index (χ0) is 19.3. The van der Waals surface area contributed by atoms with Crippen molar-refractivity contribution in [3.05, 3.63) is 75.9 Å². The fourth-order valence-corrected chi connectivity index (χ4v) is 2.49. The maximum absolute atomic E-state index is 12.7. The van der Waals surface area contributed by atoms with Gasteiger partial charge in [0, 0.05) is 24.6 Å². The summed E-state index contributed by atoms with van der Waals surface area (Å²) in [5, 5.41) is 22.5. The van der Waals surface area contributed by atoms with Crippen molar-refractivity contribution in [2.75, 3.05) is 0 Å². The zero-order valence-electron chi connectivity index (χ0n) is 15.0. The van der Waals surface area contributed by atoms with Gasteiger partial charge in [0.15, 0.2) is 0 Å². The molecule has 2 rings (SSSR count). The number of nitrogens with one attached hydrogen (secondary N) is 1. The summed E-state index contributed by atoms with van der Waals surface area (Å²) in [7, 11) is 0. The molecule has 0 saturated carbocycles. The molecule has 2 N–H and O–H groups in total. The van der Waals surface area contributed by atoms with Crippen molar-refractivity contribution < 1.29 is 14.7 Å². The van der Waals surface area contributed by atoms with Crippen LogP contribution in [-0.4, -0.2) is 16.8 Å². The number of hydrogen-bond donors (Lipinski definition) is 2. The lowest BCUT2D eigenvalue weighted by molar-refractivity contribution is -0.119. The Morgan fingerprint density at radius 1 is 1.12 bits per heavy atom. The van der Waals surface area contributed by atoms with Crippen molar-refractivity contribution in [2.45, 2.75) is 27.3 Å². The van der Waals surface area contributed by atoms with Crippen molar-refractivity contribution in [1.82, 2.24) is 5.32 Å². The molecule has 1 amide bonds. The third kappa shape index (κ3) is 4.17. The van der Waals surface area contributed by atoms with Gasteiger partial charge in [-0.2, -0.15) is 5.26 Å². The third-order valence-electron chi connectivity index (χ3n) is 4.19. The predicted octanol–water partition coefficient (Wildman–Crippen LogP) is 3.62. The summed E-state index contributed by atoms with van der Waals surface area (Å²) in [5.41, 5.74) is 3.03. The fraction of sp³-hybridized carbons (Fsp3) is 0.190. The largest absolute Gasteiger partial charge is 0.506 e. The van der Waals surface area contributed by atoms with Crippen LogP contribution in [0, 0.1) is 25.2 Å². The molecule has 2 aromatic carbocycles. The van der Waals surface area contributed by atoms with Crippen LogP contribution in [0.5, 0.6) is 0 Å². The van der Waals surface area contributed by atoms with Crippen LogP contribution in [0.15, 0.2) is 48.0 Å². The summed E-state index contributed by atoms with van der Waals surface area (Å²) in [5.74, 6) is -0.999. The predicted molar refractivity (Wildman–Crippen MR) is 99.4 cm³/mol. The van der Waals surface area contributed by atoms with Crippen molar-refractivity contribution >= 4 is 17.4 Å². The van der Waals surface area contributed by atoms with Crippen LogP contribution >= 0.6 is 0 Å². The summed E-state index contributed by atoms with van der Waals surface area (Å²) in [6, 6.07) is 13.8. The molecule has 0 aliphatic rings. The van der Waals surface area contributed by atoms with Crippen LogP contribution in [0.3, 0.4) is 0 Å². The summed E-state index contributed by atoms with van der Waals surface area (Å²) in [4.78, 5) is 23.7. The third-order valence-corrected chi connectivity index (χ3v) is 4.19. The van der Waals surface area contributed by atoms with E-state index in [2.05, 4.69) is 5.32 Å². The minimum atomic E-state index is -0.506. The van der Waals surface area contributed by atoms with E-state index < -0.39 is 5.78 Å². The Morgan fingerprint density at radius 2 is 1.77 bits per heavy atom. The molecule has 0 aliphatic heterocycles. The monoisotopic (exact) mass is 348 g/mol. The van der Waals surface area contributed by atoms with Gasteiger partial charge in [-0.25, -0.2) is 0 Å². The maximum atomic E-state index is 12.7. The SMILES string of the molecule is CC(=O)NCc1ccc(C(O)=C(C#N)C(=O)c2cccc(C)c2C)cc1. The molecule has 0 heterocycles. The highest BCUT2D eigenvalue weighted by molar-refractivity contribution is 6.15. The van der Waals surface area contributed by atoms with Crippen molar-refractivity contribution in [3.8, 4) is 6.07 Å². The second-order valence-electron chi connectivity index (χ2n) is 6.02. The Bertz CT molecular complexity index is 919. The highest BCUT2D eigenvalue weighted by atomic mass is 16.3. The van der Waals surface area contributed by atoms with Gasteiger partial charge in [-0.1, -0.05) is 42.5 Å². The average Bonchev–Trinajstić information content (AvgIpc) is 2.63. The number of carbonyl (C=O) groups excluding carboxylic acids is 2. The molecule has 26 heavy (non-hydrogen) atoms. The molecule has 5 nitrogen and oxygen atoms in total. The van der Waals surface area contributed by atoms with Crippen LogP contribution in [-0.2, 0) is 11.3 Å². The number of amides is 1. The summed E-state index contributed by atoms with van der Waals surface area (Å²) in [6.07, 6.45) is 0. The molecule has 0 radical (unpaired) electrons. The van der Waals surface area contributed by atoms with Gasteiger partial charge in [0.05, 0.1) is 0 Å². The van der Waals surface area contributed by atoms with Crippen molar-refractivity contribution in [1.29, 1.82) is 5.26 Å². The Hall–Kier alpha value is -3.39. The van der Waals surface area contributed by atoms with Crippen LogP contribution in [0.2, 0.25) is 0 Å². The molecule has 0 bridgehead atoms. The number of rotatable bonds is 5. The topological polar surface area (TPSA) is 90.2 Å². The Labute approximate surface area is 152 Å². The first-order valence-corrected chi connectivity index (χ1v) is 8.13.